The predicted octanol–water partition coefficient (Wildman–Crippen LogP) is 3.67. The third-order valence-corrected chi connectivity index (χ3v) is 5.61. The lowest BCUT2D eigenvalue weighted by Gasteiger charge is -2.15. The van der Waals surface area contributed by atoms with Crippen LogP contribution in [0.4, 0.5) is 0 Å². The number of rotatable bonds is 5. The summed E-state index contributed by atoms with van der Waals surface area (Å²) >= 11 is 6.00. The van der Waals surface area contributed by atoms with E-state index in [1.54, 1.807) is 48.2 Å². The standard InChI is InChI=1S/C25H22ClN3O3/c1-16-3-7-18(8-4-16)23-22(27-24(30)19-9-13-21(32-2)14-10-19)25(31)28-29(23)15-17-5-11-20(26)12-6-17/h3-15,22-23H,1-2H3,(H-,27,28,30,31)/p+1/b29-15-/t22-,23+/m1/s1. The van der Waals surface area contributed by atoms with E-state index < -0.39 is 12.1 Å². The van der Waals surface area contributed by atoms with E-state index in [9.17, 15) is 9.59 Å². The summed E-state index contributed by atoms with van der Waals surface area (Å²) in [6.45, 7) is 2.00. The first-order valence-electron chi connectivity index (χ1n) is 10.2. The van der Waals surface area contributed by atoms with Gasteiger partial charge in [-0.05, 0) is 55.5 Å². The number of amides is 2. The molecular formula is C25H23ClN3O3+. The minimum Gasteiger partial charge on any atom is -0.497 e. The maximum absolute atomic E-state index is 12.9. The first kappa shape index (κ1) is 21.6. The van der Waals surface area contributed by atoms with Crippen molar-refractivity contribution in [2.24, 2.45) is 0 Å². The van der Waals surface area contributed by atoms with Crippen molar-refractivity contribution >= 4 is 29.6 Å². The predicted molar refractivity (Wildman–Crippen MR) is 123 cm³/mol. The molecule has 1 saturated heterocycles. The van der Waals surface area contributed by atoms with E-state index in [0.29, 0.717) is 16.3 Å². The van der Waals surface area contributed by atoms with Crippen LogP contribution >= 0.6 is 11.6 Å². The highest BCUT2D eigenvalue weighted by Gasteiger charge is 2.47. The lowest BCUT2D eigenvalue weighted by atomic mass is 9.98. The SMILES string of the molecule is COc1ccc(C(=O)N[C@H]2C(=O)N/[N+](=C\c3ccc(Cl)cc3)[C@H]2c2ccc(C)cc2)cc1. The number of halogens is 1. The van der Waals surface area contributed by atoms with Crippen LogP contribution in [0.15, 0.2) is 72.8 Å². The molecule has 7 heteroatoms. The molecule has 4 rings (SSSR count). The molecule has 6 nitrogen and oxygen atoms in total. The van der Waals surface area contributed by atoms with Gasteiger partial charge in [-0.3, -0.25) is 9.59 Å². The van der Waals surface area contributed by atoms with E-state index in [1.807, 2.05) is 49.5 Å². The van der Waals surface area contributed by atoms with Gasteiger partial charge in [0.1, 0.15) is 5.75 Å². The number of hydrogen-bond acceptors (Lipinski definition) is 3. The van der Waals surface area contributed by atoms with Crippen LogP contribution in [0.1, 0.15) is 33.1 Å². The highest BCUT2D eigenvalue weighted by molar-refractivity contribution is 6.30. The molecule has 3 aromatic carbocycles. The van der Waals surface area contributed by atoms with E-state index in [4.69, 9.17) is 16.3 Å². The van der Waals surface area contributed by atoms with Crippen LogP contribution in [0.3, 0.4) is 0 Å². The molecule has 32 heavy (non-hydrogen) atoms. The fourth-order valence-electron chi connectivity index (χ4n) is 3.62. The van der Waals surface area contributed by atoms with Gasteiger partial charge in [-0.1, -0.05) is 41.4 Å². The quantitative estimate of drug-likeness (QED) is 0.585. The topological polar surface area (TPSA) is 70.4 Å². The fraction of sp³-hybridized carbons (Fsp3) is 0.160. The zero-order valence-electron chi connectivity index (χ0n) is 17.7. The summed E-state index contributed by atoms with van der Waals surface area (Å²) in [5, 5.41) is 3.53. The number of benzene rings is 3. The van der Waals surface area contributed by atoms with Gasteiger partial charge in [0.15, 0.2) is 6.04 Å². The van der Waals surface area contributed by atoms with Crippen molar-refractivity contribution in [1.82, 2.24) is 10.7 Å². The van der Waals surface area contributed by atoms with Crippen molar-refractivity contribution in [1.29, 1.82) is 0 Å². The number of methoxy groups -OCH3 is 1. The van der Waals surface area contributed by atoms with Crippen molar-refractivity contribution in [2.75, 3.05) is 7.11 Å². The van der Waals surface area contributed by atoms with Gasteiger partial charge >= 0.3 is 5.91 Å². The summed E-state index contributed by atoms with van der Waals surface area (Å²) in [5.74, 6) is 0.0299. The van der Waals surface area contributed by atoms with E-state index >= 15 is 0 Å². The Morgan fingerprint density at radius 1 is 1.03 bits per heavy atom. The first-order valence-corrected chi connectivity index (χ1v) is 10.5. The van der Waals surface area contributed by atoms with Crippen molar-refractivity contribution in [3.05, 3.63) is 100 Å². The van der Waals surface area contributed by atoms with E-state index in [1.165, 1.54) is 0 Å². The van der Waals surface area contributed by atoms with Crippen molar-refractivity contribution < 1.29 is 19.0 Å². The summed E-state index contributed by atoms with van der Waals surface area (Å²) in [6.07, 6.45) is 1.83. The molecule has 2 atom stereocenters. The van der Waals surface area contributed by atoms with Crippen molar-refractivity contribution in [3.63, 3.8) is 0 Å². The number of nitrogens with zero attached hydrogens (tertiary/aromatic N) is 1. The molecule has 1 fully saturated rings. The minimum absolute atomic E-state index is 0.289. The lowest BCUT2D eigenvalue weighted by Crippen LogP contribution is -2.42. The number of nitrogens with one attached hydrogen (secondary N) is 2. The second-order valence-electron chi connectivity index (χ2n) is 7.60. The normalized spacial score (nSPS) is 19.0. The monoisotopic (exact) mass is 448 g/mol. The Hall–Kier alpha value is -3.64. The largest absolute Gasteiger partial charge is 0.497 e. The van der Waals surface area contributed by atoms with Crippen molar-refractivity contribution in [2.45, 2.75) is 19.0 Å². The van der Waals surface area contributed by atoms with E-state index in [-0.39, 0.29) is 11.8 Å². The van der Waals surface area contributed by atoms with Gasteiger partial charge in [0.25, 0.3) is 5.91 Å². The average molecular weight is 449 g/mol. The van der Waals surface area contributed by atoms with Crippen LogP contribution in [0, 0.1) is 6.92 Å². The van der Waals surface area contributed by atoms with Crippen LogP contribution in [-0.4, -0.2) is 35.9 Å². The summed E-state index contributed by atoms with van der Waals surface area (Å²) in [4.78, 5) is 25.8. The molecule has 0 spiro atoms. The molecular weight excluding hydrogens is 426 g/mol. The third kappa shape index (κ3) is 4.65. The highest BCUT2D eigenvalue weighted by Crippen LogP contribution is 2.26. The molecule has 1 aliphatic rings. The smallest absolute Gasteiger partial charge is 0.304 e. The molecule has 1 aliphatic heterocycles. The number of carbonyl (C=O) groups is 2. The Balaban J connectivity index is 1.67. The highest BCUT2D eigenvalue weighted by atomic mass is 35.5. The molecule has 2 N–H and O–H groups in total. The van der Waals surface area contributed by atoms with Gasteiger partial charge in [0.05, 0.1) is 7.11 Å². The number of hydrazone groups is 1. The average Bonchev–Trinajstić information content (AvgIpc) is 3.10. The van der Waals surface area contributed by atoms with Gasteiger partial charge in [-0.2, -0.15) is 0 Å². The summed E-state index contributed by atoms with van der Waals surface area (Å²) in [6, 6.07) is 20.8. The zero-order chi connectivity index (χ0) is 22.7. The van der Waals surface area contributed by atoms with Gasteiger partial charge in [0.2, 0.25) is 12.3 Å². The van der Waals surface area contributed by atoms with Crippen LogP contribution < -0.4 is 15.5 Å². The maximum atomic E-state index is 12.9. The molecule has 162 valence electrons. The number of ether oxygens (including phenoxy) is 1. The number of hydrogen-bond donors (Lipinski definition) is 2. The van der Waals surface area contributed by atoms with Crippen LogP contribution in [0.25, 0.3) is 0 Å². The Bertz CT molecular complexity index is 1160. The lowest BCUT2D eigenvalue weighted by molar-refractivity contribution is -0.596. The fourth-order valence-corrected chi connectivity index (χ4v) is 3.75. The van der Waals surface area contributed by atoms with Gasteiger partial charge in [-0.15, -0.1) is 10.1 Å². The summed E-state index contributed by atoms with van der Waals surface area (Å²) in [5.41, 5.74) is 6.20. The van der Waals surface area contributed by atoms with E-state index in [0.717, 1.165) is 16.7 Å². The van der Waals surface area contributed by atoms with Crippen LogP contribution in [0.2, 0.25) is 5.02 Å². The Labute approximate surface area is 191 Å². The second kappa shape index (κ2) is 9.24. The van der Waals surface area contributed by atoms with Crippen molar-refractivity contribution in [3.8, 4) is 5.75 Å². The Morgan fingerprint density at radius 3 is 2.31 bits per heavy atom. The Kier molecular flexibility index (Phi) is 6.23. The molecule has 0 aromatic heterocycles. The van der Waals surface area contributed by atoms with Gasteiger partial charge in [-0.25, -0.2) is 0 Å². The summed E-state index contributed by atoms with van der Waals surface area (Å²) in [7, 11) is 1.57. The number of carbonyl (C=O) groups excluding carboxylic acids is 2. The van der Waals surface area contributed by atoms with Gasteiger partial charge in [0, 0.05) is 21.7 Å². The number of aryl methyl sites for hydroxylation is 1. The molecule has 2 amide bonds. The molecule has 0 bridgehead atoms. The minimum atomic E-state index is -0.782. The second-order valence-corrected chi connectivity index (χ2v) is 8.04. The Morgan fingerprint density at radius 2 is 1.69 bits per heavy atom. The van der Waals surface area contributed by atoms with Gasteiger partial charge < -0.3 is 10.1 Å². The molecule has 0 unspecified atom stereocenters. The van der Waals surface area contributed by atoms with Crippen LogP contribution in [0.5, 0.6) is 5.75 Å². The molecule has 3 aromatic rings. The van der Waals surface area contributed by atoms with E-state index in [2.05, 4.69) is 10.7 Å². The molecule has 1 heterocycles. The third-order valence-electron chi connectivity index (χ3n) is 5.35. The van der Waals surface area contributed by atoms with Crippen LogP contribution in [-0.2, 0) is 4.79 Å². The first-order chi connectivity index (χ1) is 15.4. The zero-order valence-corrected chi connectivity index (χ0v) is 18.5. The summed E-state index contributed by atoms with van der Waals surface area (Å²) < 4.78 is 6.88. The molecule has 0 radical (unpaired) electrons. The number of hydrazine groups is 1. The maximum Gasteiger partial charge on any atom is 0.304 e. The molecule has 0 saturated carbocycles. The molecule has 0 aliphatic carbocycles.